The number of nitrogens with two attached hydrogens (primary N) is 1. The molecule has 166 valence electrons. The van der Waals surface area contributed by atoms with Gasteiger partial charge in [0, 0.05) is 13.1 Å². The molecule has 3 rings (SSSR count). The zero-order chi connectivity index (χ0) is 21.7. The quantitative estimate of drug-likeness (QED) is 0.610. The number of amides is 2. The van der Waals surface area contributed by atoms with E-state index in [9.17, 15) is 18.0 Å². The van der Waals surface area contributed by atoms with Gasteiger partial charge in [-0.25, -0.2) is 8.42 Å². The molecule has 2 fully saturated rings. The summed E-state index contributed by atoms with van der Waals surface area (Å²) in [5.74, 6) is -0.680. The van der Waals surface area contributed by atoms with Crippen molar-refractivity contribution in [2.75, 3.05) is 32.4 Å². The number of rotatable bonds is 8. The number of sulfonamides is 1. The van der Waals surface area contributed by atoms with Crippen LogP contribution in [0.2, 0.25) is 0 Å². The van der Waals surface area contributed by atoms with Gasteiger partial charge in [-0.1, -0.05) is 30.3 Å². The first-order valence-corrected chi connectivity index (χ1v) is 12.4. The third kappa shape index (κ3) is 5.59. The van der Waals surface area contributed by atoms with Crippen LogP contribution in [0, 0.1) is 5.92 Å². The van der Waals surface area contributed by atoms with Crippen molar-refractivity contribution in [3.63, 3.8) is 0 Å². The first-order chi connectivity index (χ1) is 14.3. The Hall–Kier alpha value is -1.97. The van der Waals surface area contributed by atoms with Gasteiger partial charge in [0.25, 0.3) is 0 Å². The zero-order valence-electron chi connectivity index (χ0n) is 17.5. The van der Waals surface area contributed by atoms with Crippen molar-refractivity contribution >= 4 is 21.8 Å². The third-order valence-corrected chi connectivity index (χ3v) is 7.35. The Labute approximate surface area is 178 Å². The van der Waals surface area contributed by atoms with Crippen molar-refractivity contribution < 1.29 is 18.0 Å². The third-order valence-electron chi connectivity index (χ3n) is 6.09. The molecule has 30 heavy (non-hydrogen) atoms. The van der Waals surface area contributed by atoms with Gasteiger partial charge >= 0.3 is 0 Å². The van der Waals surface area contributed by atoms with Crippen LogP contribution in [0.4, 0.5) is 0 Å². The number of piperidine rings is 1. The van der Waals surface area contributed by atoms with E-state index >= 15 is 0 Å². The number of nitrogens with zero attached hydrogens (tertiary/aromatic N) is 2. The molecule has 0 spiro atoms. The molecule has 1 aromatic carbocycles. The van der Waals surface area contributed by atoms with Crippen LogP contribution in [0.25, 0.3) is 0 Å². The van der Waals surface area contributed by atoms with Crippen LogP contribution >= 0.6 is 0 Å². The summed E-state index contributed by atoms with van der Waals surface area (Å²) in [5.41, 5.74) is 6.40. The highest BCUT2D eigenvalue weighted by Gasteiger charge is 2.41. The Morgan fingerprint density at radius 2 is 1.87 bits per heavy atom. The van der Waals surface area contributed by atoms with Gasteiger partial charge in [-0.05, 0) is 56.7 Å². The average molecular weight is 437 g/mol. The minimum atomic E-state index is -3.65. The molecule has 0 radical (unpaired) electrons. The van der Waals surface area contributed by atoms with Gasteiger partial charge in [0.2, 0.25) is 21.8 Å². The maximum Gasteiger partial charge on any atom is 0.242 e. The van der Waals surface area contributed by atoms with Gasteiger partial charge in [-0.2, -0.15) is 4.31 Å². The molecule has 2 heterocycles. The van der Waals surface area contributed by atoms with E-state index in [1.807, 2.05) is 30.3 Å². The Kier molecular flexibility index (Phi) is 7.49. The van der Waals surface area contributed by atoms with Gasteiger partial charge in [0.1, 0.15) is 12.1 Å². The largest absolute Gasteiger partial charge is 0.368 e. The minimum absolute atomic E-state index is 0.192. The molecule has 0 bridgehead atoms. The van der Waals surface area contributed by atoms with E-state index in [0.717, 1.165) is 37.8 Å². The molecule has 2 atom stereocenters. The van der Waals surface area contributed by atoms with Crippen LogP contribution in [0.1, 0.15) is 31.2 Å². The van der Waals surface area contributed by atoms with Gasteiger partial charge in [-0.3, -0.25) is 9.59 Å². The van der Waals surface area contributed by atoms with E-state index in [0.29, 0.717) is 25.9 Å². The van der Waals surface area contributed by atoms with E-state index in [4.69, 9.17) is 5.73 Å². The maximum absolute atomic E-state index is 13.6. The highest BCUT2D eigenvalue weighted by molar-refractivity contribution is 7.88. The molecule has 8 nitrogen and oxygen atoms in total. The van der Waals surface area contributed by atoms with Crippen LogP contribution in [0.5, 0.6) is 0 Å². The molecule has 9 heteroatoms. The number of nitrogens with one attached hydrogen (secondary N) is 1. The number of carbonyl (C=O) groups is 2. The zero-order valence-corrected chi connectivity index (χ0v) is 18.3. The van der Waals surface area contributed by atoms with Crippen LogP contribution in [-0.4, -0.2) is 74.0 Å². The van der Waals surface area contributed by atoms with E-state index < -0.39 is 28.0 Å². The molecule has 0 aromatic heterocycles. The molecule has 3 N–H and O–H groups in total. The normalized spacial score (nSPS) is 21.7. The predicted molar refractivity (Wildman–Crippen MR) is 115 cm³/mol. The van der Waals surface area contributed by atoms with Crippen LogP contribution in [0.15, 0.2) is 30.3 Å². The molecule has 0 aliphatic carbocycles. The number of likely N-dealkylation sites (tertiary alicyclic amines) is 1. The SMILES string of the molecule is CS(=O)(=O)N(CC1CCNCC1)[C@H](Cc1ccccc1)C(=O)N1CCC[C@H]1C(N)=O. The van der Waals surface area contributed by atoms with Crippen molar-refractivity contribution in [1.82, 2.24) is 14.5 Å². The average Bonchev–Trinajstić information content (AvgIpc) is 3.21. The van der Waals surface area contributed by atoms with Crippen LogP contribution in [-0.2, 0) is 26.0 Å². The molecule has 2 aliphatic rings. The summed E-state index contributed by atoms with van der Waals surface area (Å²) >= 11 is 0. The lowest BCUT2D eigenvalue weighted by atomic mass is 9.97. The second-order valence-electron chi connectivity index (χ2n) is 8.32. The first kappa shape index (κ1) is 22.7. The van der Waals surface area contributed by atoms with Gasteiger partial charge in [0.05, 0.1) is 6.26 Å². The highest BCUT2D eigenvalue weighted by Crippen LogP contribution is 2.25. The van der Waals surface area contributed by atoms with Crippen molar-refractivity contribution in [1.29, 1.82) is 0 Å². The monoisotopic (exact) mass is 436 g/mol. The fraction of sp³-hybridized carbons (Fsp3) is 0.619. The second kappa shape index (κ2) is 9.89. The Bertz CT molecular complexity index is 840. The molecular formula is C21H32N4O4S. The summed E-state index contributed by atoms with van der Waals surface area (Å²) in [6, 6.07) is 7.84. The summed E-state index contributed by atoms with van der Waals surface area (Å²) in [5, 5.41) is 3.29. The van der Waals surface area contributed by atoms with Gasteiger partial charge < -0.3 is 16.0 Å². The molecule has 2 saturated heterocycles. The predicted octanol–water partition coefficient (Wildman–Crippen LogP) is 0.335. The van der Waals surface area contributed by atoms with E-state index in [1.165, 1.54) is 9.21 Å². The molecule has 0 unspecified atom stereocenters. The summed E-state index contributed by atoms with van der Waals surface area (Å²) in [7, 11) is -3.65. The smallest absolute Gasteiger partial charge is 0.242 e. The van der Waals surface area contributed by atoms with E-state index in [1.54, 1.807) is 0 Å². The van der Waals surface area contributed by atoms with Crippen molar-refractivity contribution in [2.45, 2.75) is 44.2 Å². The summed E-state index contributed by atoms with van der Waals surface area (Å²) in [4.78, 5) is 26.9. The maximum atomic E-state index is 13.6. The van der Waals surface area contributed by atoms with Crippen LogP contribution < -0.4 is 11.1 Å². The Balaban J connectivity index is 1.92. The van der Waals surface area contributed by atoms with E-state index in [-0.39, 0.29) is 18.2 Å². The van der Waals surface area contributed by atoms with E-state index in [2.05, 4.69) is 5.32 Å². The molecular weight excluding hydrogens is 404 g/mol. The lowest BCUT2D eigenvalue weighted by molar-refractivity contribution is -0.140. The number of carbonyl (C=O) groups excluding carboxylic acids is 2. The highest BCUT2D eigenvalue weighted by atomic mass is 32.2. The number of hydrogen-bond acceptors (Lipinski definition) is 5. The first-order valence-electron chi connectivity index (χ1n) is 10.6. The lowest BCUT2D eigenvalue weighted by Crippen LogP contribution is -2.56. The van der Waals surface area contributed by atoms with Crippen LogP contribution in [0.3, 0.4) is 0 Å². The molecule has 2 amide bonds. The molecule has 0 saturated carbocycles. The van der Waals surface area contributed by atoms with Crippen molar-refractivity contribution in [3.8, 4) is 0 Å². The summed E-state index contributed by atoms with van der Waals surface area (Å²) in [6.07, 6.45) is 4.36. The second-order valence-corrected chi connectivity index (χ2v) is 10.3. The van der Waals surface area contributed by atoms with Crippen molar-refractivity contribution in [2.24, 2.45) is 11.7 Å². The number of benzene rings is 1. The topological polar surface area (TPSA) is 113 Å². The van der Waals surface area contributed by atoms with Gasteiger partial charge in [0.15, 0.2) is 0 Å². The Morgan fingerprint density at radius 1 is 1.20 bits per heavy atom. The Morgan fingerprint density at radius 3 is 2.47 bits per heavy atom. The number of hydrogen-bond donors (Lipinski definition) is 2. The molecule has 1 aromatic rings. The summed E-state index contributed by atoms with van der Waals surface area (Å²) in [6.45, 7) is 2.41. The van der Waals surface area contributed by atoms with Gasteiger partial charge in [-0.15, -0.1) is 0 Å². The number of primary amides is 1. The summed E-state index contributed by atoms with van der Waals surface area (Å²) < 4.78 is 27.0. The van der Waals surface area contributed by atoms with Crippen molar-refractivity contribution in [3.05, 3.63) is 35.9 Å². The fourth-order valence-corrected chi connectivity index (χ4v) is 5.59. The minimum Gasteiger partial charge on any atom is -0.368 e. The molecule has 2 aliphatic heterocycles. The lowest BCUT2D eigenvalue weighted by Gasteiger charge is -2.36. The fourth-order valence-electron chi connectivity index (χ4n) is 4.48. The standard InChI is InChI=1S/C21H32N4O4S/c1-30(28,29)25(15-17-9-11-23-12-10-17)19(14-16-6-3-2-4-7-16)21(27)24-13-5-8-18(24)20(22)26/h2-4,6-7,17-19,23H,5,8-15H2,1H3,(H2,22,26)/t18-,19+/m0/s1.